The number of hydrogen-bond donors (Lipinski definition) is 2. The Labute approximate surface area is 460 Å². The van der Waals surface area contributed by atoms with E-state index in [0.717, 1.165) is 59.5 Å². The molecule has 0 aliphatic heterocycles. The van der Waals surface area contributed by atoms with Gasteiger partial charge in [0, 0.05) is 20.9 Å². The van der Waals surface area contributed by atoms with Crippen molar-refractivity contribution in [3.63, 3.8) is 0 Å². The Morgan fingerprint density at radius 1 is 0.430 bits per heavy atom. The van der Waals surface area contributed by atoms with Crippen molar-refractivity contribution in [1.82, 2.24) is 50.4 Å². The molecule has 7 aromatic carbocycles. The fraction of sp³-hybridized carbons (Fsp3) is 0.0968. The quantitative estimate of drug-likeness (QED) is 0.117. The molecule has 0 amide bonds. The van der Waals surface area contributed by atoms with Crippen molar-refractivity contribution in [2.45, 2.75) is 27.7 Å². The van der Waals surface area contributed by atoms with Crippen LogP contribution in [0.1, 0.15) is 23.6 Å². The van der Waals surface area contributed by atoms with Crippen molar-refractivity contribution >= 4 is 55.5 Å². The van der Waals surface area contributed by atoms with Gasteiger partial charge in [0.2, 0.25) is 17.5 Å². The molecule has 15 nitrogen and oxygen atoms in total. The molecule has 7 heterocycles. The molecule has 0 radical (unpaired) electrons. The lowest BCUT2D eigenvalue weighted by atomic mass is 10.0. The number of fused-ring (bicyclic) bond motifs is 3. The van der Waals surface area contributed by atoms with Gasteiger partial charge in [-0.1, -0.05) is 131 Å². The van der Waals surface area contributed by atoms with Gasteiger partial charge in [0.05, 0.1) is 68.8 Å². The van der Waals surface area contributed by atoms with E-state index in [2.05, 4.69) is 131 Å². The molecule has 0 bridgehead atoms. The van der Waals surface area contributed by atoms with E-state index >= 15 is 0 Å². The summed E-state index contributed by atoms with van der Waals surface area (Å²) in [6.07, 6.45) is 3.32. The molecule has 388 valence electrons. The number of nitrogens with one attached hydrogen (secondary N) is 2. The zero-order chi connectivity index (χ0) is 53.7. The van der Waals surface area contributed by atoms with Gasteiger partial charge in [-0.2, -0.15) is 15.0 Å². The average Bonchev–Trinajstić information content (AvgIpc) is 4.46. The van der Waals surface area contributed by atoms with Gasteiger partial charge >= 0.3 is 0 Å². The number of hydrogen-bond acceptors (Lipinski definition) is 15. The minimum atomic E-state index is 0.413. The Morgan fingerprint density at radius 3 is 1.47 bits per heavy atom. The highest BCUT2D eigenvalue weighted by Gasteiger charge is 2.20. The minimum Gasteiger partial charge on any atom is -0.490 e. The number of aromatic amines is 2. The number of aromatic nitrogens is 10. The molecule has 14 aromatic rings. The number of para-hydroxylation sites is 2. The number of nitrogens with zero attached hydrogens (tertiary/aromatic N) is 8. The summed E-state index contributed by atoms with van der Waals surface area (Å²) in [5, 5.41) is 14.8. The summed E-state index contributed by atoms with van der Waals surface area (Å²) in [5.41, 5.74) is 11.7. The highest BCUT2D eigenvalue weighted by atomic mass is 32.1. The van der Waals surface area contributed by atoms with E-state index < -0.39 is 0 Å². The van der Waals surface area contributed by atoms with Crippen LogP contribution in [0.5, 0.6) is 11.5 Å². The SMILES string of the molecule is CCOc1ccc(-c2nc(-c3cccc4[nH]cnc34)no2)cc1OCC.Cc1sc(-c2nc(-c3cccc4[nH]cnc34)no2)cc1-c1ccccc1.Cc1sc(-c2nc(-c3cccc4ccccc34)no2)cc1-c1ccccc1. The highest BCUT2D eigenvalue weighted by Crippen LogP contribution is 2.40. The second-order valence-electron chi connectivity index (χ2n) is 17.9. The summed E-state index contributed by atoms with van der Waals surface area (Å²) in [5.74, 6) is 4.51. The molecule has 0 atom stereocenters. The molecule has 0 aliphatic rings. The summed E-state index contributed by atoms with van der Waals surface area (Å²) in [7, 11) is 0. The number of ether oxygens (including phenoxy) is 2. The van der Waals surface area contributed by atoms with Crippen LogP contribution in [0.2, 0.25) is 0 Å². The van der Waals surface area contributed by atoms with Crippen molar-refractivity contribution < 1.29 is 23.0 Å². The largest absolute Gasteiger partial charge is 0.490 e. The van der Waals surface area contributed by atoms with Gasteiger partial charge in [-0.15, -0.1) is 22.7 Å². The average molecular weight is 1080 g/mol. The summed E-state index contributed by atoms with van der Waals surface area (Å²) in [6, 6.07) is 56.6. The predicted molar refractivity (Wildman–Crippen MR) is 311 cm³/mol. The van der Waals surface area contributed by atoms with E-state index in [1.54, 1.807) is 35.3 Å². The molecular weight excluding hydrogens is 1030 g/mol. The molecule has 17 heteroatoms. The summed E-state index contributed by atoms with van der Waals surface area (Å²) in [6.45, 7) is 9.20. The van der Waals surface area contributed by atoms with Crippen molar-refractivity contribution in [3.05, 3.63) is 192 Å². The lowest BCUT2D eigenvalue weighted by molar-refractivity contribution is 0.288. The van der Waals surface area contributed by atoms with Gasteiger partial charge in [-0.3, -0.25) is 0 Å². The van der Waals surface area contributed by atoms with Crippen molar-refractivity contribution in [1.29, 1.82) is 0 Å². The zero-order valence-corrected chi connectivity index (χ0v) is 44.8. The van der Waals surface area contributed by atoms with Crippen molar-refractivity contribution in [3.8, 4) is 101 Å². The van der Waals surface area contributed by atoms with E-state index in [1.165, 1.54) is 37.4 Å². The Morgan fingerprint density at radius 2 is 0.899 bits per heavy atom. The summed E-state index contributed by atoms with van der Waals surface area (Å²) < 4.78 is 27.9. The van der Waals surface area contributed by atoms with Gasteiger partial charge in [-0.25, -0.2) is 9.97 Å². The minimum absolute atomic E-state index is 0.413. The smallest absolute Gasteiger partial charge is 0.268 e. The van der Waals surface area contributed by atoms with Crippen LogP contribution >= 0.6 is 22.7 Å². The molecule has 7 aromatic heterocycles. The molecule has 2 N–H and O–H groups in total. The first kappa shape index (κ1) is 50.0. The van der Waals surface area contributed by atoms with E-state index in [0.29, 0.717) is 59.9 Å². The van der Waals surface area contributed by atoms with E-state index in [-0.39, 0.29) is 0 Å². The molecular formula is C62H48N10O5S2. The van der Waals surface area contributed by atoms with Crippen molar-refractivity contribution in [2.24, 2.45) is 0 Å². The topological polar surface area (TPSA) is 193 Å². The number of thiophene rings is 2. The molecule has 79 heavy (non-hydrogen) atoms. The first-order chi connectivity index (χ1) is 38.9. The van der Waals surface area contributed by atoms with E-state index in [9.17, 15) is 0 Å². The Kier molecular flexibility index (Phi) is 14.2. The van der Waals surface area contributed by atoms with Crippen LogP contribution < -0.4 is 9.47 Å². The Bertz CT molecular complexity index is 4360. The fourth-order valence-corrected chi connectivity index (χ4v) is 11.1. The van der Waals surface area contributed by atoms with Gasteiger partial charge in [0.1, 0.15) is 0 Å². The van der Waals surface area contributed by atoms with Crippen LogP contribution in [0.3, 0.4) is 0 Å². The number of imidazole rings is 2. The normalized spacial score (nSPS) is 11.1. The highest BCUT2D eigenvalue weighted by molar-refractivity contribution is 7.16. The number of benzene rings is 7. The standard InChI is InChI=1S/C23H16N2OS.C20H14N4OS.C19H18N4O3/c1-15-20(17-8-3-2-4-9-17)14-21(27-15)23-24-22(25-26-23)19-13-7-11-16-10-5-6-12-18(16)19;1-12-15(13-6-3-2-4-7-13)10-17(26-12)20-23-19(24-25-20)14-8-5-9-16-18(14)22-11-21-16;1-3-24-15-9-8-12(10-16(15)25-4-2)19-22-18(23-26-19)13-6-5-7-14-17(13)21-11-20-14/h2-14H,1H3;2-11H,1H3,(H,21,22);5-11H,3-4H2,1-2H3,(H,20,21). The second kappa shape index (κ2) is 22.4. The molecule has 0 saturated heterocycles. The van der Waals surface area contributed by atoms with Gasteiger partial charge in [0.15, 0.2) is 11.5 Å². The molecule has 0 aliphatic carbocycles. The first-order valence-corrected chi connectivity index (χ1v) is 27.1. The number of aryl methyl sites for hydroxylation is 2. The van der Waals surface area contributed by atoms with E-state index in [1.807, 2.05) is 117 Å². The lowest BCUT2D eigenvalue weighted by Crippen LogP contribution is -1.98. The lowest BCUT2D eigenvalue weighted by Gasteiger charge is -2.11. The molecule has 0 saturated carbocycles. The summed E-state index contributed by atoms with van der Waals surface area (Å²) in [4.78, 5) is 33.1. The van der Waals surface area contributed by atoms with Crippen LogP contribution in [-0.4, -0.2) is 63.6 Å². The monoisotopic (exact) mass is 1080 g/mol. The molecule has 14 rings (SSSR count). The molecule has 0 unspecified atom stereocenters. The van der Waals surface area contributed by atoms with Gasteiger partial charge in [0.25, 0.3) is 17.7 Å². The maximum atomic E-state index is 5.66. The van der Waals surface area contributed by atoms with Gasteiger partial charge in [-0.05, 0) is 115 Å². The van der Waals surface area contributed by atoms with Gasteiger partial charge < -0.3 is 33.0 Å². The maximum Gasteiger partial charge on any atom is 0.268 e. The van der Waals surface area contributed by atoms with Crippen LogP contribution in [0.15, 0.2) is 196 Å². The van der Waals surface area contributed by atoms with Crippen molar-refractivity contribution in [2.75, 3.05) is 13.2 Å². The van der Waals surface area contributed by atoms with Crippen LogP contribution in [0, 0.1) is 13.8 Å². The number of H-pyrrole nitrogens is 2. The number of rotatable bonds is 12. The molecule has 0 spiro atoms. The zero-order valence-electron chi connectivity index (χ0n) is 43.2. The third-order valence-electron chi connectivity index (χ3n) is 12.9. The second-order valence-corrected chi connectivity index (χ2v) is 20.4. The first-order valence-electron chi connectivity index (χ1n) is 25.5. The predicted octanol–water partition coefficient (Wildman–Crippen LogP) is 16.0. The third kappa shape index (κ3) is 10.4. The Hall–Kier alpha value is -9.84. The fourth-order valence-electron chi connectivity index (χ4n) is 9.20. The Balaban J connectivity index is 0.000000118. The summed E-state index contributed by atoms with van der Waals surface area (Å²) >= 11 is 3.34. The molecule has 0 fully saturated rings. The van der Waals surface area contributed by atoms with E-state index in [4.69, 9.17) is 23.0 Å². The van der Waals surface area contributed by atoms with Crippen LogP contribution in [0.4, 0.5) is 0 Å². The maximum absolute atomic E-state index is 5.66. The van der Waals surface area contributed by atoms with Crippen LogP contribution in [-0.2, 0) is 0 Å². The van der Waals surface area contributed by atoms with Crippen LogP contribution in [0.25, 0.3) is 122 Å². The third-order valence-corrected chi connectivity index (χ3v) is 15.0.